The van der Waals surface area contributed by atoms with E-state index in [0.717, 1.165) is 41.7 Å². The topological polar surface area (TPSA) is 111 Å². The largest absolute Gasteiger partial charge is 0.449 e. The average Bonchev–Trinajstić information content (AvgIpc) is 3.27. The summed E-state index contributed by atoms with van der Waals surface area (Å²) in [6, 6.07) is 11.4. The van der Waals surface area contributed by atoms with Gasteiger partial charge >= 0.3 is 6.09 Å². The summed E-state index contributed by atoms with van der Waals surface area (Å²) in [5, 5.41) is 11.5. The number of rotatable bonds is 18. The Kier molecular flexibility index (Phi) is 12.8. The molecule has 2 unspecified atom stereocenters. The van der Waals surface area contributed by atoms with Gasteiger partial charge in [-0.3, -0.25) is 9.59 Å². The summed E-state index contributed by atoms with van der Waals surface area (Å²) < 4.78 is 16.7. The first-order chi connectivity index (χ1) is 19.4. The van der Waals surface area contributed by atoms with Crippen LogP contribution < -0.4 is 5.32 Å². The summed E-state index contributed by atoms with van der Waals surface area (Å²) in [4.78, 5) is 37.9. The SMILES string of the molecule is CCCCOCCCC(=O)c1ccc2c(c1)C(COC(=O)NC)c1cc(C(=O)CCCOC(C)CCO)ccc1-2. The molecule has 1 aliphatic rings. The molecule has 0 heterocycles. The number of ketones is 2. The fourth-order valence-corrected chi connectivity index (χ4v) is 4.87. The van der Waals surface area contributed by atoms with E-state index in [4.69, 9.17) is 19.3 Å². The van der Waals surface area contributed by atoms with Crippen LogP contribution in [0.1, 0.15) is 96.6 Å². The predicted octanol–water partition coefficient (Wildman–Crippen LogP) is 5.68. The third kappa shape index (κ3) is 8.71. The molecule has 0 aliphatic heterocycles. The maximum Gasteiger partial charge on any atom is 0.406 e. The number of benzene rings is 2. The van der Waals surface area contributed by atoms with Crippen LogP contribution in [0.4, 0.5) is 4.79 Å². The summed E-state index contributed by atoms with van der Waals surface area (Å²) >= 11 is 0. The van der Waals surface area contributed by atoms with Crippen molar-refractivity contribution in [3.05, 3.63) is 58.7 Å². The molecule has 0 spiro atoms. The van der Waals surface area contributed by atoms with Gasteiger partial charge in [-0.05, 0) is 67.0 Å². The standard InChI is InChI=1S/C32H43NO7/c1-4-5-16-38-17-6-8-30(35)23-10-12-25-26-13-11-24(31(36)9-7-18-39-22(2)14-15-34)20-28(26)29(27(25)19-23)21-40-32(37)33-3/h10-13,19-20,22,29,34H,4-9,14-18,21H2,1-3H3,(H,33,37). The van der Waals surface area contributed by atoms with Gasteiger partial charge in [-0.2, -0.15) is 0 Å². The number of aliphatic hydroxyl groups excluding tert-OH is 1. The van der Waals surface area contributed by atoms with Crippen molar-refractivity contribution in [1.29, 1.82) is 0 Å². The predicted molar refractivity (Wildman–Crippen MR) is 154 cm³/mol. The zero-order valence-corrected chi connectivity index (χ0v) is 24.0. The summed E-state index contributed by atoms with van der Waals surface area (Å²) in [6.07, 6.45) is 4.09. The van der Waals surface area contributed by atoms with Gasteiger partial charge in [0.05, 0.1) is 6.10 Å². The van der Waals surface area contributed by atoms with E-state index in [0.29, 0.717) is 56.4 Å². The van der Waals surface area contributed by atoms with Crippen molar-refractivity contribution in [2.24, 2.45) is 0 Å². The number of carbonyl (C=O) groups is 3. The van der Waals surface area contributed by atoms with Crippen LogP contribution in [0.15, 0.2) is 36.4 Å². The molecule has 218 valence electrons. The van der Waals surface area contributed by atoms with Gasteiger partial charge < -0.3 is 24.6 Å². The molecule has 2 N–H and O–H groups in total. The lowest BCUT2D eigenvalue weighted by Crippen LogP contribution is -2.22. The van der Waals surface area contributed by atoms with Gasteiger partial charge in [0.15, 0.2) is 11.6 Å². The first-order valence-corrected chi connectivity index (χ1v) is 14.4. The summed E-state index contributed by atoms with van der Waals surface area (Å²) in [6.45, 7) is 5.92. The van der Waals surface area contributed by atoms with E-state index in [1.165, 1.54) is 7.05 Å². The van der Waals surface area contributed by atoms with Crippen LogP contribution in [0.5, 0.6) is 0 Å². The van der Waals surface area contributed by atoms with Gasteiger partial charge in [-0.25, -0.2) is 4.79 Å². The first kappa shape index (κ1) is 31.5. The molecule has 1 aliphatic carbocycles. The Morgan fingerprint density at radius 3 is 2.02 bits per heavy atom. The molecule has 0 radical (unpaired) electrons. The minimum atomic E-state index is -0.534. The van der Waals surface area contributed by atoms with Gasteiger partial charge in [0.1, 0.15) is 6.61 Å². The van der Waals surface area contributed by atoms with Crippen LogP contribution in [-0.4, -0.2) is 69.0 Å². The molecule has 2 aromatic rings. The molecule has 3 rings (SSSR count). The highest BCUT2D eigenvalue weighted by molar-refractivity contribution is 5.99. The third-order valence-corrected chi connectivity index (χ3v) is 7.19. The molecule has 0 saturated heterocycles. The minimum absolute atomic E-state index is 0.0140. The molecule has 40 heavy (non-hydrogen) atoms. The second kappa shape index (κ2) is 16.3. The van der Waals surface area contributed by atoms with Crippen molar-refractivity contribution < 1.29 is 33.7 Å². The summed E-state index contributed by atoms with van der Waals surface area (Å²) in [5.74, 6) is -0.224. The van der Waals surface area contributed by atoms with Crippen LogP contribution >= 0.6 is 0 Å². The number of aliphatic hydroxyl groups is 1. The lowest BCUT2D eigenvalue weighted by atomic mass is 9.93. The molecule has 8 nitrogen and oxygen atoms in total. The highest BCUT2D eigenvalue weighted by Gasteiger charge is 2.31. The number of amides is 1. The number of nitrogens with one attached hydrogen (secondary N) is 1. The smallest absolute Gasteiger partial charge is 0.406 e. The van der Waals surface area contributed by atoms with Crippen LogP contribution in [-0.2, 0) is 14.2 Å². The first-order valence-electron chi connectivity index (χ1n) is 14.4. The Labute approximate surface area is 237 Å². The van der Waals surface area contributed by atoms with Crippen LogP contribution in [0.2, 0.25) is 0 Å². The van der Waals surface area contributed by atoms with E-state index in [9.17, 15) is 14.4 Å². The summed E-state index contributed by atoms with van der Waals surface area (Å²) in [7, 11) is 1.51. The second-order valence-corrected chi connectivity index (χ2v) is 10.2. The number of hydrogen-bond acceptors (Lipinski definition) is 7. The van der Waals surface area contributed by atoms with Gasteiger partial charge in [0, 0.05) is 63.4 Å². The number of Topliss-reactive ketones (excluding diaryl/α,β-unsaturated/α-hetero) is 2. The zero-order valence-electron chi connectivity index (χ0n) is 24.0. The van der Waals surface area contributed by atoms with Gasteiger partial charge in [-0.15, -0.1) is 0 Å². The molecule has 8 heteroatoms. The van der Waals surface area contributed by atoms with Crippen LogP contribution in [0.25, 0.3) is 11.1 Å². The van der Waals surface area contributed by atoms with Crippen molar-refractivity contribution in [1.82, 2.24) is 5.32 Å². The zero-order chi connectivity index (χ0) is 28.9. The van der Waals surface area contributed by atoms with Crippen LogP contribution in [0, 0.1) is 0 Å². The lowest BCUT2D eigenvalue weighted by Gasteiger charge is -2.15. The van der Waals surface area contributed by atoms with Gasteiger partial charge in [-0.1, -0.05) is 37.6 Å². The Balaban J connectivity index is 1.73. The second-order valence-electron chi connectivity index (χ2n) is 10.2. The third-order valence-electron chi connectivity index (χ3n) is 7.19. The van der Waals surface area contributed by atoms with Crippen LogP contribution in [0.3, 0.4) is 0 Å². The maximum atomic E-state index is 13.0. The highest BCUT2D eigenvalue weighted by Crippen LogP contribution is 2.46. The average molecular weight is 554 g/mol. The molecule has 0 aromatic heterocycles. The van der Waals surface area contributed by atoms with E-state index in [-0.39, 0.29) is 36.8 Å². The molecule has 2 atom stereocenters. The van der Waals surface area contributed by atoms with E-state index < -0.39 is 6.09 Å². The number of fused-ring (bicyclic) bond motifs is 3. The molecule has 0 fully saturated rings. The van der Waals surface area contributed by atoms with Crippen molar-refractivity contribution >= 4 is 17.7 Å². The number of alkyl carbamates (subject to hydrolysis) is 1. The van der Waals surface area contributed by atoms with Gasteiger partial charge in [0.25, 0.3) is 0 Å². The van der Waals surface area contributed by atoms with E-state index >= 15 is 0 Å². The molecule has 0 saturated carbocycles. The Morgan fingerprint density at radius 1 is 0.900 bits per heavy atom. The van der Waals surface area contributed by atoms with Gasteiger partial charge in [0.2, 0.25) is 0 Å². The summed E-state index contributed by atoms with van der Waals surface area (Å²) in [5.41, 5.74) is 4.99. The van der Waals surface area contributed by atoms with Crippen molar-refractivity contribution in [3.63, 3.8) is 0 Å². The maximum absolute atomic E-state index is 13.0. The monoisotopic (exact) mass is 553 g/mol. The van der Waals surface area contributed by atoms with E-state index in [1.54, 1.807) is 0 Å². The normalized spacial score (nSPS) is 14.3. The Morgan fingerprint density at radius 2 is 1.48 bits per heavy atom. The number of hydrogen-bond donors (Lipinski definition) is 2. The molecular formula is C32H43NO7. The van der Waals surface area contributed by atoms with E-state index in [2.05, 4.69) is 12.2 Å². The number of carbonyl (C=O) groups excluding carboxylic acids is 3. The number of ether oxygens (including phenoxy) is 3. The highest BCUT2D eigenvalue weighted by atomic mass is 16.5. The van der Waals surface area contributed by atoms with Crippen molar-refractivity contribution in [2.45, 2.75) is 70.8 Å². The minimum Gasteiger partial charge on any atom is -0.449 e. The van der Waals surface area contributed by atoms with Crippen molar-refractivity contribution in [3.8, 4) is 11.1 Å². The molecule has 0 bridgehead atoms. The fourth-order valence-electron chi connectivity index (χ4n) is 4.87. The molecule has 2 aromatic carbocycles. The van der Waals surface area contributed by atoms with E-state index in [1.807, 2.05) is 43.3 Å². The number of unbranched alkanes of at least 4 members (excludes halogenated alkanes) is 1. The quantitative estimate of drug-likeness (QED) is 0.180. The lowest BCUT2D eigenvalue weighted by molar-refractivity contribution is 0.0451. The molecular weight excluding hydrogens is 510 g/mol. The molecule has 1 amide bonds. The fraction of sp³-hybridized carbons (Fsp3) is 0.531. The Bertz CT molecular complexity index is 1150. The van der Waals surface area contributed by atoms with Crippen molar-refractivity contribution in [2.75, 3.05) is 40.1 Å². The Hall–Kier alpha value is -3.07.